The molecule has 0 atom stereocenters. The number of aliphatic imine (C=N–C) groups is 1. The molecule has 0 spiro atoms. The molecule has 0 fully saturated rings. The highest BCUT2D eigenvalue weighted by molar-refractivity contribution is 5.54. The Morgan fingerprint density at radius 1 is 0.960 bits per heavy atom. The van der Waals surface area contributed by atoms with Gasteiger partial charge in [-0.15, -0.1) is 0 Å². The minimum Gasteiger partial charge on any atom is -0.299 e. The van der Waals surface area contributed by atoms with Crippen LogP contribution in [0.5, 0.6) is 0 Å². The summed E-state index contributed by atoms with van der Waals surface area (Å²) >= 11 is 0. The minimum atomic E-state index is -0.243. The number of hydrogen-bond donors (Lipinski definition) is 1. The summed E-state index contributed by atoms with van der Waals surface area (Å²) in [6.07, 6.45) is 4.76. The standard InChI is InChI=1S/C20H23F2N3/c21-18-8-4-16(5-9-18)20(17-6-10-19(22)11-7-17)3-1-13-24-25-14-2-12-23-15-25/h4-11,15,20,24H,1-3,12-14H2. The fraction of sp³-hybridized carbons (Fsp3) is 0.350. The minimum absolute atomic E-state index is 0.123. The van der Waals surface area contributed by atoms with E-state index in [-0.39, 0.29) is 17.6 Å². The van der Waals surface area contributed by atoms with Crippen molar-refractivity contribution in [1.82, 2.24) is 10.4 Å². The average Bonchev–Trinajstić information content (AvgIpc) is 2.65. The van der Waals surface area contributed by atoms with E-state index in [1.165, 1.54) is 24.3 Å². The fourth-order valence-corrected chi connectivity index (χ4v) is 3.11. The normalized spacial score (nSPS) is 14.3. The predicted molar refractivity (Wildman–Crippen MR) is 96.6 cm³/mol. The monoisotopic (exact) mass is 343 g/mol. The molecular weight excluding hydrogens is 320 g/mol. The summed E-state index contributed by atoms with van der Waals surface area (Å²) in [5.41, 5.74) is 5.46. The van der Waals surface area contributed by atoms with Crippen molar-refractivity contribution in [1.29, 1.82) is 0 Å². The Balaban J connectivity index is 1.63. The van der Waals surface area contributed by atoms with Crippen molar-refractivity contribution in [2.75, 3.05) is 19.6 Å². The molecule has 25 heavy (non-hydrogen) atoms. The molecule has 2 aromatic rings. The maximum atomic E-state index is 13.2. The molecular formula is C20H23F2N3. The van der Waals surface area contributed by atoms with Gasteiger partial charge < -0.3 is 0 Å². The van der Waals surface area contributed by atoms with E-state index < -0.39 is 0 Å². The molecule has 1 aliphatic heterocycles. The van der Waals surface area contributed by atoms with Crippen LogP contribution in [0.25, 0.3) is 0 Å². The van der Waals surface area contributed by atoms with Gasteiger partial charge in [0.1, 0.15) is 11.6 Å². The van der Waals surface area contributed by atoms with Gasteiger partial charge in [0.15, 0.2) is 0 Å². The van der Waals surface area contributed by atoms with Crippen molar-refractivity contribution in [2.24, 2.45) is 4.99 Å². The number of halogens is 2. The van der Waals surface area contributed by atoms with Crippen LogP contribution in [0.1, 0.15) is 36.3 Å². The zero-order valence-corrected chi connectivity index (χ0v) is 14.2. The molecule has 5 heteroatoms. The maximum Gasteiger partial charge on any atom is 0.123 e. The fourth-order valence-electron chi connectivity index (χ4n) is 3.11. The zero-order chi connectivity index (χ0) is 17.5. The van der Waals surface area contributed by atoms with Crippen LogP contribution in [0.4, 0.5) is 8.78 Å². The molecule has 0 amide bonds. The first-order chi connectivity index (χ1) is 12.2. The van der Waals surface area contributed by atoms with E-state index in [1.54, 1.807) is 0 Å². The van der Waals surface area contributed by atoms with Crippen molar-refractivity contribution in [2.45, 2.75) is 25.2 Å². The number of hydrogen-bond acceptors (Lipinski definition) is 3. The molecule has 3 nitrogen and oxygen atoms in total. The second-order valence-electron chi connectivity index (χ2n) is 6.27. The van der Waals surface area contributed by atoms with Crippen LogP contribution in [-0.4, -0.2) is 31.0 Å². The van der Waals surface area contributed by atoms with E-state index >= 15 is 0 Å². The van der Waals surface area contributed by atoms with E-state index in [2.05, 4.69) is 10.4 Å². The van der Waals surface area contributed by atoms with E-state index in [0.29, 0.717) is 0 Å². The lowest BCUT2D eigenvalue weighted by Gasteiger charge is -2.24. The summed E-state index contributed by atoms with van der Waals surface area (Å²) < 4.78 is 26.5. The third-order valence-corrected chi connectivity index (χ3v) is 4.44. The zero-order valence-electron chi connectivity index (χ0n) is 14.2. The Labute approximate surface area is 147 Å². The van der Waals surface area contributed by atoms with Crippen molar-refractivity contribution in [3.8, 4) is 0 Å². The van der Waals surface area contributed by atoms with Crippen LogP contribution < -0.4 is 5.43 Å². The van der Waals surface area contributed by atoms with E-state index in [9.17, 15) is 8.78 Å². The molecule has 0 saturated carbocycles. The third kappa shape index (κ3) is 5.10. The second-order valence-corrected chi connectivity index (χ2v) is 6.27. The van der Waals surface area contributed by atoms with Gasteiger partial charge in [-0.05, 0) is 54.7 Å². The highest BCUT2D eigenvalue weighted by Gasteiger charge is 2.14. The van der Waals surface area contributed by atoms with E-state index in [4.69, 9.17) is 0 Å². The Bertz CT molecular complexity index is 638. The number of nitrogens with one attached hydrogen (secondary N) is 1. The van der Waals surface area contributed by atoms with Crippen LogP contribution in [0.15, 0.2) is 53.5 Å². The highest BCUT2D eigenvalue weighted by atomic mass is 19.1. The molecule has 0 bridgehead atoms. The quantitative estimate of drug-likeness (QED) is 0.766. The van der Waals surface area contributed by atoms with Gasteiger partial charge in [-0.25, -0.2) is 14.2 Å². The molecule has 0 radical (unpaired) electrons. The number of hydrazine groups is 1. The lowest BCUT2D eigenvalue weighted by atomic mass is 9.87. The topological polar surface area (TPSA) is 27.6 Å². The van der Waals surface area contributed by atoms with Gasteiger partial charge in [-0.2, -0.15) is 0 Å². The summed E-state index contributed by atoms with van der Waals surface area (Å²) in [5, 5.41) is 2.02. The molecule has 0 saturated heterocycles. The Kier molecular flexibility index (Phi) is 6.12. The summed E-state index contributed by atoms with van der Waals surface area (Å²) in [4.78, 5) is 4.25. The van der Waals surface area contributed by atoms with Crippen LogP contribution >= 0.6 is 0 Å². The Hall–Kier alpha value is -2.27. The molecule has 1 heterocycles. The summed E-state index contributed by atoms with van der Waals surface area (Å²) in [5.74, 6) is -0.363. The van der Waals surface area contributed by atoms with Crippen molar-refractivity contribution in [3.05, 3.63) is 71.3 Å². The lowest BCUT2D eigenvalue weighted by molar-refractivity contribution is 0.298. The van der Waals surface area contributed by atoms with Crippen LogP contribution in [0.2, 0.25) is 0 Å². The highest BCUT2D eigenvalue weighted by Crippen LogP contribution is 2.29. The Morgan fingerprint density at radius 2 is 1.56 bits per heavy atom. The smallest absolute Gasteiger partial charge is 0.123 e. The van der Waals surface area contributed by atoms with Crippen molar-refractivity contribution in [3.63, 3.8) is 0 Å². The summed E-state index contributed by atoms with van der Waals surface area (Å²) in [6, 6.07) is 13.2. The van der Waals surface area contributed by atoms with E-state index in [1.807, 2.05) is 35.6 Å². The van der Waals surface area contributed by atoms with Gasteiger partial charge in [0.05, 0.1) is 6.34 Å². The number of benzene rings is 2. The first kappa shape index (κ1) is 17.5. The van der Waals surface area contributed by atoms with Crippen LogP contribution in [-0.2, 0) is 0 Å². The van der Waals surface area contributed by atoms with Gasteiger partial charge in [0.25, 0.3) is 0 Å². The van der Waals surface area contributed by atoms with Gasteiger partial charge in [-0.3, -0.25) is 10.0 Å². The molecule has 0 aromatic heterocycles. The number of rotatable bonds is 7. The molecule has 0 aliphatic carbocycles. The first-order valence-corrected chi connectivity index (χ1v) is 8.73. The lowest BCUT2D eigenvalue weighted by Crippen LogP contribution is -2.40. The number of nitrogens with zero attached hydrogens (tertiary/aromatic N) is 2. The molecule has 2 aromatic carbocycles. The summed E-state index contributed by atoms with van der Waals surface area (Å²) in [6.45, 7) is 2.71. The first-order valence-electron chi connectivity index (χ1n) is 8.73. The summed E-state index contributed by atoms with van der Waals surface area (Å²) in [7, 11) is 0. The largest absolute Gasteiger partial charge is 0.299 e. The van der Waals surface area contributed by atoms with Crippen molar-refractivity contribution < 1.29 is 8.78 Å². The Morgan fingerprint density at radius 3 is 2.08 bits per heavy atom. The predicted octanol–water partition coefficient (Wildman–Crippen LogP) is 4.12. The van der Waals surface area contributed by atoms with E-state index in [0.717, 1.165) is 50.0 Å². The SMILES string of the molecule is Fc1ccc(C(CCCNN2C=NCCC2)c2ccc(F)cc2)cc1. The molecule has 0 unspecified atom stereocenters. The average molecular weight is 343 g/mol. The molecule has 132 valence electrons. The van der Waals surface area contributed by atoms with Crippen molar-refractivity contribution >= 4 is 6.34 Å². The molecule has 1 N–H and O–H groups in total. The van der Waals surface area contributed by atoms with Gasteiger partial charge in [0.2, 0.25) is 0 Å². The third-order valence-electron chi connectivity index (χ3n) is 4.44. The second kappa shape index (κ2) is 8.72. The maximum absolute atomic E-state index is 13.2. The van der Waals surface area contributed by atoms with Gasteiger partial charge >= 0.3 is 0 Å². The van der Waals surface area contributed by atoms with Crippen LogP contribution in [0, 0.1) is 11.6 Å². The van der Waals surface area contributed by atoms with Crippen LogP contribution in [0.3, 0.4) is 0 Å². The van der Waals surface area contributed by atoms with Gasteiger partial charge in [-0.1, -0.05) is 24.3 Å². The molecule has 1 aliphatic rings. The van der Waals surface area contributed by atoms with Gasteiger partial charge in [0, 0.05) is 25.6 Å². The molecule has 3 rings (SSSR count).